The van der Waals surface area contributed by atoms with Gasteiger partial charge in [-0.25, -0.2) is 9.59 Å². The summed E-state index contributed by atoms with van der Waals surface area (Å²) in [4.78, 5) is 47.2. The molecule has 4 rings (SSSR count). The minimum Gasteiger partial charge on any atom is -0.457 e. The molecule has 1 saturated heterocycles. The molecule has 0 saturated carbocycles. The number of esters is 2. The third-order valence-electron chi connectivity index (χ3n) is 4.30. The molecule has 0 aliphatic carbocycles. The van der Waals surface area contributed by atoms with E-state index in [0.717, 1.165) is 0 Å². The molecule has 2 aromatic carbocycles. The normalized spacial score (nSPS) is 16.9. The van der Waals surface area contributed by atoms with Crippen LogP contribution in [0.5, 0.6) is 11.5 Å². The van der Waals surface area contributed by atoms with E-state index in [1.807, 2.05) is 0 Å². The Morgan fingerprint density at radius 2 is 1.47 bits per heavy atom. The van der Waals surface area contributed by atoms with Gasteiger partial charge in [0, 0.05) is 25.7 Å². The minimum absolute atomic E-state index is 0.249. The molecule has 0 aromatic heterocycles. The first kappa shape index (κ1) is 19.2. The number of imide groups is 1. The maximum Gasteiger partial charge on any atom is 0.350 e. The lowest BCUT2D eigenvalue weighted by Gasteiger charge is -2.29. The molecule has 9 nitrogen and oxygen atoms in total. The van der Waals surface area contributed by atoms with E-state index in [-0.39, 0.29) is 11.1 Å². The van der Waals surface area contributed by atoms with Crippen molar-refractivity contribution in [1.82, 2.24) is 5.32 Å². The van der Waals surface area contributed by atoms with Crippen LogP contribution in [0.15, 0.2) is 54.2 Å². The molecule has 2 aliphatic heterocycles. The van der Waals surface area contributed by atoms with Crippen LogP contribution in [0, 0.1) is 0 Å². The number of carbonyl (C=O) groups is 4. The highest BCUT2D eigenvalue weighted by molar-refractivity contribution is 6.21. The van der Waals surface area contributed by atoms with Crippen molar-refractivity contribution in [3.05, 3.63) is 65.4 Å². The van der Waals surface area contributed by atoms with Crippen LogP contribution in [0.2, 0.25) is 0 Å². The number of hydrogen-bond donors (Lipinski definition) is 2. The molecule has 0 bridgehead atoms. The first-order chi connectivity index (χ1) is 14.2. The van der Waals surface area contributed by atoms with Crippen LogP contribution in [0.4, 0.5) is 5.69 Å². The zero-order chi connectivity index (χ0) is 21.5. The van der Waals surface area contributed by atoms with Gasteiger partial charge in [0.25, 0.3) is 17.6 Å². The monoisotopic (exact) mass is 408 g/mol. The fourth-order valence-electron chi connectivity index (χ4n) is 2.90. The number of benzene rings is 2. The van der Waals surface area contributed by atoms with Crippen molar-refractivity contribution < 1.29 is 33.4 Å². The van der Waals surface area contributed by atoms with Gasteiger partial charge in [0.1, 0.15) is 11.5 Å². The molecule has 0 radical (unpaired) electrons. The lowest BCUT2D eigenvalue weighted by molar-refractivity contribution is -0.222. The maximum absolute atomic E-state index is 11.9. The number of cyclic esters (lactones) is 2. The average molecular weight is 408 g/mol. The number of anilines is 1. The Morgan fingerprint density at radius 1 is 0.867 bits per heavy atom. The van der Waals surface area contributed by atoms with Crippen molar-refractivity contribution in [3.8, 4) is 11.5 Å². The van der Waals surface area contributed by atoms with Gasteiger partial charge in [-0.05, 0) is 42.5 Å². The van der Waals surface area contributed by atoms with Gasteiger partial charge in [0.05, 0.1) is 11.1 Å². The van der Waals surface area contributed by atoms with Crippen molar-refractivity contribution >= 4 is 29.4 Å². The second-order valence-electron chi connectivity index (χ2n) is 7.00. The molecule has 2 amide bonds. The lowest BCUT2D eigenvalue weighted by atomic mass is 10.1. The molecule has 0 atom stereocenters. The van der Waals surface area contributed by atoms with Crippen molar-refractivity contribution in [3.63, 3.8) is 0 Å². The van der Waals surface area contributed by atoms with Crippen LogP contribution in [0.3, 0.4) is 0 Å². The summed E-state index contributed by atoms with van der Waals surface area (Å²) in [6.07, 6.45) is 1.21. The van der Waals surface area contributed by atoms with E-state index < -0.39 is 29.5 Å². The standard InChI is InChI=1S/C21H16N2O7/c1-21(2)29-19(26)16(20(27)30-21)10-22-11-3-5-12(6-4-11)28-13-7-8-14-15(9-13)18(25)23-17(14)24/h3-10,22H,1-2H3,(H,23,24,25). The summed E-state index contributed by atoms with van der Waals surface area (Å²) in [5.74, 6) is -2.86. The number of hydrogen-bond acceptors (Lipinski definition) is 8. The fourth-order valence-corrected chi connectivity index (χ4v) is 2.90. The molecule has 0 unspecified atom stereocenters. The van der Waals surface area contributed by atoms with Gasteiger partial charge in [-0.1, -0.05) is 0 Å². The number of ether oxygens (including phenoxy) is 3. The van der Waals surface area contributed by atoms with Gasteiger partial charge in [0.15, 0.2) is 5.57 Å². The molecular weight excluding hydrogens is 392 g/mol. The molecule has 2 heterocycles. The van der Waals surface area contributed by atoms with Crippen molar-refractivity contribution in [2.24, 2.45) is 0 Å². The maximum atomic E-state index is 11.9. The molecule has 1 fully saturated rings. The predicted octanol–water partition coefficient (Wildman–Crippen LogP) is 2.49. The predicted molar refractivity (Wildman–Crippen MR) is 103 cm³/mol. The van der Waals surface area contributed by atoms with E-state index in [1.165, 1.54) is 32.2 Å². The Labute approximate surface area is 170 Å². The summed E-state index contributed by atoms with van der Waals surface area (Å²) in [5.41, 5.74) is 0.903. The summed E-state index contributed by atoms with van der Waals surface area (Å²) in [5, 5.41) is 5.05. The average Bonchev–Trinajstić information content (AvgIpc) is 2.95. The second kappa shape index (κ2) is 7.03. The van der Waals surface area contributed by atoms with Crippen molar-refractivity contribution in [1.29, 1.82) is 0 Å². The zero-order valence-corrected chi connectivity index (χ0v) is 16.0. The topological polar surface area (TPSA) is 120 Å². The summed E-state index contributed by atoms with van der Waals surface area (Å²) in [6.45, 7) is 2.94. The number of amides is 2. The highest BCUT2D eigenvalue weighted by Crippen LogP contribution is 2.27. The van der Waals surface area contributed by atoms with Gasteiger partial charge in [-0.15, -0.1) is 0 Å². The molecule has 2 N–H and O–H groups in total. The molecule has 9 heteroatoms. The quantitative estimate of drug-likeness (QED) is 0.343. The fraction of sp³-hybridized carbons (Fsp3) is 0.143. The first-order valence-electron chi connectivity index (χ1n) is 8.93. The highest BCUT2D eigenvalue weighted by Gasteiger charge is 2.38. The van der Waals surface area contributed by atoms with E-state index in [0.29, 0.717) is 22.7 Å². The first-order valence-corrected chi connectivity index (χ1v) is 8.93. The molecule has 152 valence electrons. The smallest absolute Gasteiger partial charge is 0.350 e. The minimum atomic E-state index is -1.30. The summed E-state index contributed by atoms with van der Waals surface area (Å²) in [6, 6.07) is 11.2. The van der Waals surface area contributed by atoms with Crippen LogP contribution < -0.4 is 15.4 Å². The van der Waals surface area contributed by atoms with E-state index >= 15 is 0 Å². The van der Waals surface area contributed by atoms with Gasteiger partial charge >= 0.3 is 11.9 Å². The van der Waals surface area contributed by atoms with Crippen LogP contribution in [-0.2, 0) is 19.1 Å². The van der Waals surface area contributed by atoms with Crippen molar-refractivity contribution in [2.75, 3.05) is 5.32 Å². The molecule has 2 aliphatic rings. The van der Waals surface area contributed by atoms with Gasteiger partial charge in [-0.3, -0.25) is 14.9 Å². The highest BCUT2D eigenvalue weighted by atomic mass is 16.7. The number of rotatable bonds is 4. The Morgan fingerprint density at radius 3 is 2.13 bits per heavy atom. The van der Waals surface area contributed by atoms with E-state index in [9.17, 15) is 19.2 Å². The Balaban J connectivity index is 1.43. The van der Waals surface area contributed by atoms with Crippen LogP contribution >= 0.6 is 0 Å². The van der Waals surface area contributed by atoms with Crippen LogP contribution in [-0.4, -0.2) is 29.5 Å². The number of fused-ring (bicyclic) bond motifs is 1. The second-order valence-corrected chi connectivity index (χ2v) is 7.00. The Kier molecular flexibility index (Phi) is 4.50. The van der Waals surface area contributed by atoms with Gasteiger partial charge in [0.2, 0.25) is 0 Å². The van der Waals surface area contributed by atoms with Crippen LogP contribution in [0.1, 0.15) is 34.6 Å². The van der Waals surface area contributed by atoms with Gasteiger partial charge < -0.3 is 19.5 Å². The summed E-state index contributed by atoms with van der Waals surface area (Å²) < 4.78 is 15.7. The SMILES string of the molecule is CC1(C)OC(=O)C(=CNc2ccc(Oc3ccc4c(c3)C(=O)NC4=O)cc2)C(=O)O1. The molecule has 30 heavy (non-hydrogen) atoms. The van der Waals surface area contributed by atoms with E-state index in [4.69, 9.17) is 14.2 Å². The third kappa shape index (κ3) is 3.72. The summed E-state index contributed by atoms with van der Waals surface area (Å²) in [7, 11) is 0. The third-order valence-corrected chi connectivity index (χ3v) is 4.30. The number of carbonyl (C=O) groups excluding carboxylic acids is 4. The molecule has 0 spiro atoms. The Bertz CT molecular complexity index is 1090. The molecule has 2 aromatic rings. The van der Waals surface area contributed by atoms with Gasteiger partial charge in [-0.2, -0.15) is 0 Å². The Hall–Kier alpha value is -4.14. The van der Waals surface area contributed by atoms with Crippen molar-refractivity contribution in [2.45, 2.75) is 19.6 Å². The number of nitrogens with one attached hydrogen (secondary N) is 2. The lowest BCUT2D eigenvalue weighted by Crippen LogP contribution is -2.42. The largest absolute Gasteiger partial charge is 0.457 e. The molecular formula is C21H16N2O7. The van der Waals surface area contributed by atoms with Crippen LogP contribution in [0.25, 0.3) is 0 Å². The zero-order valence-electron chi connectivity index (χ0n) is 16.0. The summed E-state index contributed by atoms with van der Waals surface area (Å²) >= 11 is 0. The van der Waals surface area contributed by atoms with E-state index in [2.05, 4.69) is 10.6 Å². The van der Waals surface area contributed by atoms with E-state index in [1.54, 1.807) is 30.3 Å².